The number of thiophene rings is 1. The number of halogens is 2. The van der Waals surface area contributed by atoms with Crippen molar-refractivity contribution in [1.29, 1.82) is 5.26 Å². The lowest BCUT2D eigenvalue weighted by Gasteiger charge is -2.25. The molecule has 0 unspecified atom stereocenters. The van der Waals surface area contributed by atoms with E-state index in [4.69, 9.17) is 4.74 Å². The molecule has 0 atom stereocenters. The highest BCUT2D eigenvalue weighted by atomic mass is 32.1. The number of nitrogens with one attached hydrogen (secondary N) is 1. The van der Waals surface area contributed by atoms with Gasteiger partial charge >= 0.3 is 12.7 Å². The molecule has 2 aromatic rings. The summed E-state index contributed by atoms with van der Waals surface area (Å²) in [5, 5.41) is 12.6. The number of fused-ring (bicyclic) bond motifs is 1. The van der Waals surface area contributed by atoms with E-state index in [2.05, 4.69) is 16.1 Å². The minimum Gasteiger partial charge on any atom is -0.450 e. The number of anilines is 1. The third kappa shape index (κ3) is 5.38. The van der Waals surface area contributed by atoms with Crippen molar-refractivity contribution in [1.82, 2.24) is 4.90 Å². The van der Waals surface area contributed by atoms with Crippen LogP contribution in [-0.4, -0.2) is 36.7 Å². The van der Waals surface area contributed by atoms with Gasteiger partial charge in [-0.05, 0) is 31.1 Å². The first-order valence-electron chi connectivity index (χ1n) is 9.42. The van der Waals surface area contributed by atoms with Crippen molar-refractivity contribution in [3.63, 3.8) is 0 Å². The number of carbonyl (C=O) groups is 2. The third-order valence-corrected chi connectivity index (χ3v) is 5.61. The number of hydrogen-bond donors (Lipinski definition) is 1. The molecule has 0 saturated heterocycles. The zero-order valence-corrected chi connectivity index (χ0v) is 17.4. The highest BCUT2D eigenvalue weighted by Gasteiger charge is 2.28. The normalized spacial score (nSPS) is 13.1. The predicted octanol–water partition coefficient (Wildman–Crippen LogP) is 4.39. The lowest BCUT2D eigenvalue weighted by Crippen LogP contribution is -2.35. The zero-order valence-electron chi connectivity index (χ0n) is 16.6. The fourth-order valence-electron chi connectivity index (χ4n) is 3.12. The molecule has 1 aromatic heterocycles. The Labute approximate surface area is 181 Å². The van der Waals surface area contributed by atoms with Crippen LogP contribution in [0.4, 0.5) is 18.6 Å². The molecular weight excluding hydrogens is 428 g/mol. The maximum atomic E-state index is 12.5. The largest absolute Gasteiger partial charge is 0.450 e. The number of rotatable bonds is 6. The summed E-state index contributed by atoms with van der Waals surface area (Å²) in [6.45, 7) is -0.253. The molecule has 162 valence electrons. The van der Waals surface area contributed by atoms with Gasteiger partial charge in [0.15, 0.2) is 0 Å². The molecule has 2 heterocycles. The number of nitriles is 1. The molecule has 7 nitrogen and oxygen atoms in total. The van der Waals surface area contributed by atoms with Crippen LogP contribution in [0.1, 0.15) is 28.5 Å². The standard InChI is InChI=1S/C21H19F2N3O4S/c1-2-29-21(28)26-10-9-14-15(11-24)19(31-17(14)12-26)25-18(27)8-7-13-5-3-4-6-16(13)30-20(22)23/h3-8,20H,2,9-10,12H2,1H3,(H,25,27)/b8-7+. The molecule has 3 rings (SSSR count). The predicted molar refractivity (Wildman–Crippen MR) is 111 cm³/mol. The second kappa shape index (κ2) is 10.0. The van der Waals surface area contributed by atoms with Crippen molar-refractivity contribution in [3.05, 3.63) is 51.9 Å². The first kappa shape index (κ1) is 22.2. The van der Waals surface area contributed by atoms with Crippen LogP contribution in [-0.2, 0) is 22.5 Å². The topological polar surface area (TPSA) is 91.7 Å². The number of nitrogens with zero attached hydrogens (tertiary/aromatic N) is 2. The Hall–Kier alpha value is -3.45. The van der Waals surface area contributed by atoms with Gasteiger partial charge in [0, 0.05) is 23.1 Å². The number of alkyl halides is 2. The van der Waals surface area contributed by atoms with Crippen molar-refractivity contribution in [2.75, 3.05) is 18.5 Å². The van der Waals surface area contributed by atoms with Gasteiger partial charge in [0.25, 0.3) is 0 Å². The van der Waals surface area contributed by atoms with Crippen LogP contribution in [0.2, 0.25) is 0 Å². The molecule has 2 amide bonds. The van der Waals surface area contributed by atoms with Crippen molar-refractivity contribution < 1.29 is 27.8 Å². The van der Waals surface area contributed by atoms with Crippen LogP contribution >= 0.6 is 11.3 Å². The Balaban J connectivity index is 1.74. The smallest absolute Gasteiger partial charge is 0.410 e. The highest BCUT2D eigenvalue weighted by molar-refractivity contribution is 7.16. The Morgan fingerprint density at radius 3 is 2.87 bits per heavy atom. The number of hydrogen-bond acceptors (Lipinski definition) is 6. The van der Waals surface area contributed by atoms with Crippen LogP contribution in [0.15, 0.2) is 30.3 Å². The molecule has 0 spiro atoms. The summed E-state index contributed by atoms with van der Waals surface area (Å²) in [6.07, 6.45) is 2.60. The minimum atomic E-state index is -2.98. The monoisotopic (exact) mass is 447 g/mol. The molecule has 31 heavy (non-hydrogen) atoms. The van der Waals surface area contributed by atoms with Gasteiger partial charge in [-0.2, -0.15) is 14.0 Å². The van der Waals surface area contributed by atoms with Gasteiger partial charge in [-0.15, -0.1) is 11.3 Å². The molecule has 0 saturated carbocycles. The minimum absolute atomic E-state index is 0.0510. The summed E-state index contributed by atoms with van der Waals surface area (Å²) in [7, 11) is 0. The maximum absolute atomic E-state index is 12.5. The number of para-hydroxylation sites is 1. The molecule has 0 fully saturated rings. The quantitative estimate of drug-likeness (QED) is 0.664. The Morgan fingerprint density at radius 1 is 1.39 bits per heavy atom. The summed E-state index contributed by atoms with van der Waals surface area (Å²) in [4.78, 5) is 26.7. The summed E-state index contributed by atoms with van der Waals surface area (Å²) < 4.78 is 34.5. The van der Waals surface area contributed by atoms with Gasteiger partial charge in [0.2, 0.25) is 5.91 Å². The third-order valence-electron chi connectivity index (χ3n) is 4.48. The maximum Gasteiger partial charge on any atom is 0.410 e. The van der Waals surface area contributed by atoms with Crippen LogP contribution < -0.4 is 10.1 Å². The number of benzene rings is 1. The second-order valence-electron chi connectivity index (χ2n) is 6.43. The second-order valence-corrected chi connectivity index (χ2v) is 7.53. The molecule has 0 aliphatic carbocycles. The SMILES string of the molecule is CCOC(=O)N1CCc2c(sc(NC(=O)/C=C/c3ccccc3OC(F)F)c2C#N)C1. The van der Waals surface area contributed by atoms with Crippen molar-refractivity contribution >= 4 is 34.4 Å². The Bertz CT molecular complexity index is 1050. The lowest BCUT2D eigenvalue weighted by atomic mass is 10.0. The fraction of sp³-hybridized carbons (Fsp3) is 0.286. The van der Waals surface area contributed by atoms with Crippen LogP contribution in [0.5, 0.6) is 5.75 Å². The molecule has 10 heteroatoms. The van der Waals surface area contributed by atoms with Gasteiger partial charge < -0.3 is 19.7 Å². The Kier molecular flexibility index (Phi) is 7.20. The van der Waals surface area contributed by atoms with E-state index in [1.54, 1.807) is 24.0 Å². The molecule has 0 radical (unpaired) electrons. The van der Waals surface area contributed by atoms with Gasteiger partial charge in [-0.3, -0.25) is 4.79 Å². The summed E-state index contributed by atoms with van der Waals surface area (Å²) >= 11 is 1.23. The zero-order chi connectivity index (χ0) is 22.4. The number of ether oxygens (including phenoxy) is 2. The molecule has 0 bridgehead atoms. The Morgan fingerprint density at radius 2 is 2.16 bits per heavy atom. The van der Waals surface area contributed by atoms with Gasteiger partial charge in [0.1, 0.15) is 16.8 Å². The van der Waals surface area contributed by atoms with E-state index in [1.807, 2.05) is 0 Å². The van der Waals surface area contributed by atoms with E-state index in [-0.39, 0.29) is 12.4 Å². The first-order valence-corrected chi connectivity index (χ1v) is 10.2. The van der Waals surface area contributed by atoms with E-state index in [1.165, 1.54) is 35.6 Å². The highest BCUT2D eigenvalue weighted by Crippen LogP contribution is 2.36. The van der Waals surface area contributed by atoms with Gasteiger partial charge in [-0.25, -0.2) is 4.79 Å². The number of carbonyl (C=O) groups excluding carboxylic acids is 2. The average molecular weight is 447 g/mol. The van der Waals surface area contributed by atoms with Gasteiger partial charge in [-0.1, -0.05) is 18.2 Å². The fourth-order valence-corrected chi connectivity index (χ4v) is 4.34. The van der Waals surface area contributed by atoms with E-state index in [0.717, 1.165) is 10.4 Å². The van der Waals surface area contributed by atoms with E-state index < -0.39 is 18.6 Å². The molecule has 1 aliphatic rings. The average Bonchev–Trinajstić information content (AvgIpc) is 3.08. The molecule has 1 aliphatic heterocycles. The van der Waals surface area contributed by atoms with Crippen molar-refractivity contribution in [2.45, 2.75) is 26.5 Å². The lowest BCUT2D eigenvalue weighted by molar-refractivity contribution is -0.111. The van der Waals surface area contributed by atoms with Crippen LogP contribution in [0.25, 0.3) is 6.08 Å². The van der Waals surface area contributed by atoms with Crippen LogP contribution in [0, 0.1) is 11.3 Å². The molecule has 1 N–H and O–H groups in total. The summed E-state index contributed by atoms with van der Waals surface area (Å²) in [5.41, 5.74) is 1.49. The summed E-state index contributed by atoms with van der Waals surface area (Å²) in [6, 6.07) is 8.21. The van der Waals surface area contributed by atoms with Crippen LogP contribution in [0.3, 0.4) is 0 Å². The van der Waals surface area contributed by atoms with E-state index >= 15 is 0 Å². The molecular formula is C21H19F2N3O4S. The van der Waals surface area contributed by atoms with Crippen molar-refractivity contribution in [3.8, 4) is 11.8 Å². The summed E-state index contributed by atoms with van der Waals surface area (Å²) in [5.74, 6) is -0.575. The van der Waals surface area contributed by atoms with Crippen molar-refractivity contribution in [2.24, 2.45) is 0 Å². The van der Waals surface area contributed by atoms with E-state index in [9.17, 15) is 23.6 Å². The first-order chi connectivity index (χ1) is 14.9. The number of amides is 2. The molecule has 1 aromatic carbocycles. The van der Waals surface area contributed by atoms with Gasteiger partial charge in [0.05, 0.1) is 18.7 Å². The van der Waals surface area contributed by atoms with E-state index in [0.29, 0.717) is 35.6 Å².